The number of morpholine rings is 1. The molecule has 2 rings (SSSR count). The molecule has 2 fully saturated rings. The third-order valence-electron chi connectivity index (χ3n) is 3.53. The minimum Gasteiger partial charge on any atom is -0.393 e. The van der Waals surface area contributed by atoms with E-state index in [0.29, 0.717) is 6.61 Å². The van der Waals surface area contributed by atoms with Gasteiger partial charge in [-0.25, -0.2) is 0 Å². The molecule has 0 saturated carbocycles. The van der Waals surface area contributed by atoms with Crippen LogP contribution in [0.1, 0.15) is 20.3 Å². The molecule has 2 saturated heterocycles. The van der Waals surface area contributed by atoms with Gasteiger partial charge >= 0.3 is 0 Å². The molecule has 4 nitrogen and oxygen atoms in total. The maximum Gasteiger partial charge on any atom is 0.0651 e. The van der Waals surface area contributed by atoms with Crippen LogP contribution in [0.5, 0.6) is 0 Å². The first-order chi connectivity index (χ1) is 7.57. The summed E-state index contributed by atoms with van der Waals surface area (Å²) in [5.74, 6) is 0.256. The van der Waals surface area contributed by atoms with E-state index in [0.717, 1.165) is 39.3 Å². The Kier molecular flexibility index (Phi) is 3.85. The van der Waals surface area contributed by atoms with E-state index >= 15 is 0 Å². The predicted octanol–water partition coefficient (Wildman–Crippen LogP) is 0.495. The topological polar surface area (TPSA) is 41.9 Å². The predicted molar refractivity (Wildman–Crippen MR) is 61.4 cm³/mol. The SMILES string of the molecule is CC1(C)C[C@@H](O)[C@@H](CN2CCOCC2)CO1. The van der Waals surface area contributed by atoms with Gasteiger partial charge in [0, 0.05) is 32.0 Å². The normalized spacial score (nSPS) is 36.2. The van der Waals surface area contributed by atoms with Gasteiger partial charge in [-0.3, -0.25) is 4.90 Å². The molecule has 0 bridgehead atoms. The van der Waals surface area contributed by atoms with Gasteiger partial charge in [-0.1, -0.05) is 0 Å². The third kappa shape index (κ3) is 3.17. The molecule has 16 heavy (non-hydrogen) atoms. The molecule has 2 aliphatic heterocycles. The van der Waals surface area contributed by atoms with Gasteiger partial charge in [-0.05, 0) is 13.8 Å². The van der Waals surface area contributed by atoms with Crippen LogP contribution in [0.4, 0.5) is 0 Å². The lowest BCUT2D eigenvalue weighted by Crippen LogP contribution is -2.49. The van der Waals surface area contributed by atoms with Gasteiger partial charge in [0.2, 0.25) is 0 Å². The Morgan fingerprint density at radius 3 is 2.62 bits per heavy atom. The number of hydrogen-bond acceptors (Lipinski definition) is 4. The quantitative estimate of drug-likeness (QED) is 0.748. The highest BCUT2D eigenvalue weighted by atomic mass is 16.5. The maximum atomic E-state index is 10.1. The van der Waals surface area contributed by atoms with Gasteiger partial charge in [0.05, 0.1) is 31.5 Å². The molecule has 0 aromatic carbocycles. The number of ether oxygens (including phenoxy) is 2. The van der Waals surface area contributed by atoms with E-state index in [9.17, 15) is 5.11 Å². The number of hydrogen-bond donors (Lipinski definition) is 1. The number of aliphatic hydroxyl groups excluding tert-OH is 1. The molecule has 4 heteroatoms. The molecule has 0 aromatic rings. The van der Waals surface area contributed by atoms with Gasteiger partial charge in [0.15, 0.2) is 0 Å². The fourth-order valence-corrected chi connectivity index (χ4v) is 2.46. The van der Waals surface area contributed by atoms with E-state index in [4.69, 9.17) is 9.47 Å². The third-order valence-corrected chi connectivity index (χ3v) is 3.53. The molecule has 1 N–H and O–H groups in total. The van der Waals surface area contributed by atoms with Crippen molar-refractivity contribution in [2.75, 3.05) is 39.5 Å². The first-order valence-corrected chi connectivity index (χ1v) is 6.19. The van der Waals surface area contributed by atoms with Crippen LogP contribution in [-0.2, 0) is 9.47 Å². The molecular weight excluding hydrogens is 206 g/mol. The van der Waals surface area contributed by atoms with Gasteiger partial charge < -0.3 is 14.6 Å². The van der Waals surface area contributed by atoms with E-state index < -0.39 is 0 Å². The number of aliphatic hydroxyl groups is 1. The summed E-state index contributed by atoms with van der Waals surface area (Å²) in [7, 11) is 0. The summed E-state index contributed by atoms with van der Waals surface area (Å²) in [6.07, 6.45) is 0.508. The average molecular weight is 229 g/mol. The highest BCUT2D eigenvalue weighted by Gasteiger charge is 2.35. The van der Waals surface area contributed by atoms with Crippen molar-refractivity contribution in [3.63, 3.8) is 0 Å². The molecular formula is C12H23NO3. The summed E-state index contributed by atoms with van der Waals surface area (Å²) < 4.78 is 11.1. The van der Waals surface area contributed by atoms with Crippen molar-refractivity contribution in [3.05, 3.63) is 0 Å². The van der Waals surface area contributed by atoms with Crippen LogP contribution in [0.3, 0.4) is 0 Å². The van der Waals surface area contributed by atoms with E-state index in [1.54, 1.807) is 0 Å². The molecule has 0 spiro atoms. The number of nitrogens with zero attached hydrogens (tertiary/aromatic N) is 1. The molecule has 0 aliphatic carbocycles. The Bertz CT molecular complexity index is 226. The Balaban J connectivity index is 1.81. The number of rotatable bonds is 2. The largest absolute Gasteiger partial charge is 0.393 e. The first kappa shape index (κ1) is 12.3. The molecule has 0 radical (unpaired) electrons. The Hall–Kier alpha value is -0.160. The van der Waals surface area contributed by atoms with Crippen LogP contribution < -0.4 is 0 Å². The van der Waals surface area contributed by atoms with Crippen molar-refractivity contribution in [1.29, 1.82) is 0 Å². The standard InChI is InChI=1S/C12H23NO3/c1-12(2)7-11(14)10(9-16-12)8-13-3-5-15-6-4-13/h10-11,14H,3-9H2,1-2H3/t10-,11+/m0/s1. The van der Waals surface area contributed by atoms with Crippen LogP contribution in [0, 0.1) is 5.92 Å². The van der Waals surface area contributed by atoms with Gasteiger partial charge in [0.1, 0.15) is 0 Å². The van der Waals surface area contributed by atoms with E-state index in [1.807, 2.05) is 13.8 Å². The maximum absolute atomic E-state index is 10.1. The summed E-state index contributed by atoms with van der Waals surface area (Å²) in [6.45, 7) is 9.28. The lowest BCUT2D eigenvalue weighted by Gasteiger charge is -2.40. The van der Waals surface area contributed by atoms with Crippen LogP contribution in [0.25, 0.3) is 0 Å². The average Bonchev–Trinajstić information content (AvgIpc) is 2.23. The van der Waals surface area contributed by atoms with Gasteiger partial charge in [0.25, 0.3) is 0 Å². The lowest BCUT2D eigenvalue weighted by atomic mass is 9.88. The first-order valence-electron chi connectivity index (χ1n) is 6.19. The van der Waals surface area contributed by atoms with E-state index in [1.165, 1.54) is 0 Å². The Morgan fingerprint density at radius 1 is 1.31 bits per heavy atom. The Labute approximate surface area is 97.5 Å². The van der Waals surface area contributed by atoms with Crippen molar-refractivity contribution in [2.45, 2.75) is 32.0 Å². The molecule has 2 atom stereocenters. The summed E-state index contributed by atoms with van der Waals surface area (Å²) in [4.78, 5) is 2.36. The van der Waals surface area contributed by atoms with Crippen LogP contribution in [-0.4, -0.2) is 61.2 Å². The fourth-order valence-electron chi connectivity index (χ4n) is 2.46. The smallest absolute Gasteiger partial charge is 0.0651 e. The molecule has 94 valence electrons. The lowest BCUT2D eigenvalue weighted by molar-refractivity contribution is -0.136. The highest BCUT2D eigenvalue weighted by Crippen LogP contribution is 2.28. The van der Waals surface area contributed by atoms with Crippen LogP contribution in [0.2, 0.25) is 0 Å². The summed E-state index contributed by atoms with van der Waals surface area (Å²) >= 11 is 0. The zero-order valence-corrected chi connectivity index (χ0v) is 10.3. The zero-order valence-electron chi connectivity index (χ0n) is 10.3. The van der Waals surface area contributed by atoms with E-state index in [2.05, 4.69) is 4.90 Å². The molecule has 2 aliphatic rings. The van der Waals surface area contributed by atoms with Crippen molar-refractivity contribution < 1.29 is 14.6 Å². The second kappa shape index (κ2) is 5.00. The fraction of sp³-hybridized carbons (Fsp3) is 1.00. The highest BCUT2D eigenvalue weighted by molar-refractivity contribution is 4.85. The summed E-state index contributed by atoms with van der Waals surface area (Å²) in [5.41, 5.74) is -0.166. The van der Waals surface area contributed by atoms with Gasteiger partial charge in [-0.15, -0.1) is 0 Å². The van der Waals surface area contributed by atoms with Crippen molar-refractivity contribution >= 4 is 0 Å². The van der Waals surface area contributed by atoms with E-state index in [-0.39, 0.29) is 17.6 Å². The van der Waals surface area contributed by atoms with Crippen molar-refractivity contribution in [1.82, 2.24) is 4.90 Å². The monoisotopic (exact) mass is 229 g/mol. The zero-order chi connectivity index (χ0) is 11.6. The minimum atomic E-state index is -0.230. The van der Waals surface area contributed by atoms with Gasteiger partial charge in [-0.2, -0.15) is 0 Å². The minimum absolute atomic E-state index is 0.166. The summed E-state index contributed by atoms with van der Waals surface area (Å²) in [5, 5.41) is 10.1. The molecule has 0 aromatic heterocycles. The molecule has 0 unspecified atom stereocenters. The Morgan fingerprint density at radius 2 is 2.00 bits per heavy atom. The van der Waals surface area contributed by atoms with Crippen molar-refractivity contribution in [2.24, 2.45) is 5.92 Å². The van der Waals surface area contributed by atoms with Crippen LogP contribution >= 0.6 is 0 Å². The second-order valence-corrected chi connectivity index (χ2v) is 5.52. The summed E-state index contributed by atoms with van der Waals surface area (Å²) in [6, 6.07) is 0. The molecule has 0 amide bonds. The molecule has 2 heterocycles. The van der Waals surface area contributed by atoms with Crippen LogP contribution in [0.15, 0.2) is 0 Å². The van der Waals surface area contributed by atoms with Crippen molar-refractivity contribution in [3.8, 4) is 0 Å². The second-order valence-electron chi connectivity index (χ2n) is 5.52.